The van der Waals surface area contributed by atoms with E-state index in [9.17, 15) is 24.0 Å². The van der Waals surface area contributed by atoms with E-state index >= 15 is 0 Å². The Morgan fingerprint density at radius 1 is 0.977 bits per heavy atom. The molecule has 0 saturated carbocycles. The molecule has 1 fully saturated rings. The second kappa shape index (κ2) is 14.9. The molecule has 0 radical (unpaired) electrons. The fourth-order valence-corrected chi connectivity index (χ4v) is 6.62. The molecule has 2 aromatic rings. The fraction of sp³-hybridized carbons (Fsp3) is 0.485. The molecular weight excluding hydrogens is 582 g/mol. The van der Waals surface area contributed by atoms with E-state index in [0.717, 1.165) is 5.56 Å². The van der Waals surface area contributed by atoms with Crippen molar-refractivity contribution in [1.82, 2.24) is 15.1 Å². The highest BCUT2D eigenvalue weighted by Gasteiger charge is 2.37. The van der Waals surface area contributed by atoms with Crippen molar-refractivity contribution in [2.45, 2.75) is 69.9 Å². The molecule has 10 nitrogen and oxygen atoms in total. The number of thioether (sulfide) groups is 1. The molecular formula is C33H41N3O7S. The number of fused-ring (bicyclic) bond motifs is 1. The maximum Gasteiger partial charge on any atom is 0.326 e. The Kier molecular flexibility index (Phi) is 11.2. The van der Waals surface area contributed by atoms with Crippen molar-refractivity contribution in [1.29, 1.82) is 0 Å². The van der Waals surface area contributed by atoms with E-state index in [4.69, 9.17) is 9.47 Å². The molecule has 3 amide bonds. The first-order valence-corrected chi connectivity index (χ1v) is 16.1. The predicted octanol–water partition coefficient (Wildman–Crippen LogP) is 4.00. The maximum absolute atomic E-state index is 13.8. The lowest BCUT2D eigenvalue weighted by atomic mass is 10.1. The van der Waals surface area contributed by atoms with Crippen LogP contribution < -0.4 is 5.32 Å². The molecule has 4 rings (SSSR count). The van der Waals surface area contributed by atoms with Gasteiger partial charge in [0.15, 0.2) is 0 Å². The van der Waals surface area contributed by atoms with Crippen LogP contribution in [0.1, 0.15) is 78.5 Å². The summed E-state index contributed by atoms with van der Waals surface area (Å²) in [5.74, 6) is -1.52. The number of unbranched alkanes of at least 4 members (excludes halogenated alkanes) is 1. The van der Waals surface area contributed by atoms with Crippen LogP contribution in [0.15, 0.2) is 54.6 Å². The predicted molar refractivity (Wildman–Crippen MR) is 167 cm³/mol. The van der Waals surface area contributed by atoms with Crippen LogP contribution in [-0.4, -0.2) is 89.1 Å². The number of benzene rings is 2. The molecule has 2 aliphatic rings. The minimum Gasteiger partial charge on any atom is -0.465 e. The summed E-state index contributed by atoms with van der Waals surface area (Å²) in [6.07, 6.45) is 1.33. The number of carbonyl (C=O) groups is 5. The van der Waals surface area contributed by atoms with Crippen LogP contribution in [0.5, 0.6) is 0 Å². The average molecular weight is 624 g/mol. The summed E-state index contributed by atoms with van der Waals surface area (Å²) < 4.78 is 10.8. The van der Waals surface area contributed by atoms with Gasteiger partial charge in [0, 0.05) is 24.1 Å². The van der Waals surface area contributed by atoms with Crippen molar-refractivity contribution in [2.24, 2.45) is 0 Å². The van der Waals surface area contributed by atoms with Gasteiger partial charge in [-0.25, -0.2) is 0 Å². The Bertz CT molecular complexity index is 1330. The van der Waals surface area contributed by atoms with Crippen molar-refractivity contribution in [3.05, 3.63) is 71.3 Å². The molecule has 2 aromatic carbocycles. The molecule has 3 unspecified atom stereocenters. The SMILES string of the molecule is CCOC(=O)C(CCCCN1C(=O)c2ccccc2C1=O)NC1CSC(c2ccccc2)CN(CC(=O)OC(C)(C)C)C1=O. The summed E-state index contributed by atoms with van der Waals surface area (Å²) in [6, 6.07) is 15.0. The van der Waals surface area contributed by atoms with E-state index in [1.165, 1.54) is 9.80 Å². The Morgan fingerprint density at radius 3 is 2.23 bits per heavy atom. The van der Waals surface area contributed by atoms with Crippen molar-refractivity contribution < 1.29 is 33.4 Å². The van der Waals surface area contributed by atoms with Gasteiger partial charge in [-0.05, 0) is 64.7 Å². The van der Waals surface area contributed by atoms with Gasteiger partial charge in [-0.1, -0.05) is 42.5 Å². The van der Waals surface area contributed by atoms with Gasteiger partial charge >= 0.3 is 11.9 Å². The highest BCUT2D eigenvalue weighted by molar-refractivity contribution is 7.99. The van der Waals surface area contributed by atoms with E-state index in [1.54, 1.807) is 63.7 Å². The van der Waals surface area contributed by atoms with Gasteiger partial charge in [0.2, 0.25) is 5.91 Å². The molecule has 236 valence electrons. The third kappa shape index (κ3) is 8.47. The number of imide groups is 1. The molecule has 2 aliphatic heterocycles. The first-order chi connectivity index (χ1) is 21.0. The smallest absolute Gasteiger partial charge is 0.326 e. The van der Waals surface area contributed by atoms with Gasteiger partial charge in [0.25, 0.3) is 11.8 Å². The van der Waals surface area contributed by atoms with E-state index < -0.39 is 29.6 Å². The van der Waals surface area contributed by atoms with Gasteiger partial charge in [-0.2, -0.15) is 0 Å². The minimum atomic E-state index is -0.789. The molecule has 1 N–H and O–H groups in total. The number of hydrogen-bond donors (Lipinski definition) is 1. The van der Waals surface area contributed by atoms with Gasteiger partial charge in [0.1, 0.15) is 18.2 Å². The number of esters is 2. The third-order valence-corrected chi connectivity index (χ3v) is 8.70. The molecule has 44 heavy (non-hydrogen) atoms. The van der Waals surface area contributed by atoms with Gasteiger partial charge in [-0.3, -0.25) is 34.2 Å². The number of rotatable bonds is 12. The number of nitrogens with one attached hydrogen (secondary N) is 1. The Morgan fingerprint density at radius 2 is 1.61 bits per heavy atom. The summed E-state index contributed by atoms with van der Waals surface area (Å²) in [6.45, 7) is 7.57. The topological polar surface area (TPSA) is 122 Å². The first kappa shape index (κ1) is 33.2. The molecule has 11 heteroatoms. The van der Waals surface area contributed by atoms with Crippen LogP contribution in [0.3, 0.4) is 0 Å². The van der Waals surface area contributed by atoms with Crippen LogP contribution in [0.25, 0.3) is 0 Å². The summed E-state index contributed by atoms with van der Waals surface area (Å²) in [7, 11) is 0. The van der Waals surface area contributed by atoms with Gasteiger partial charge < -0.3 is 14.4 Å². The summed E-state index contributed by atoms with van der Waals surface area (Å²) in [5, 5.41) is 3.15. The van der Waals surface area contributed by atoms with Crippen molar-refractivity contribution in [3.63, 3.8) is 0 Å². The van der Waals surface area contributed by atoms with Crippen molar-refractivity contribution in [2.75, 3.05) is 32.0 Å². The summed E-state index contributed by atoms with van der Waals surface area (Å²) in [4.78, 5) is 67.8. The Balaban J connectivity index is 1.43. The molecule has 3 atom stereocenters. The second-order valence-electron chi connectivity index (χ2n) is 11.9. The third-order valence-electron chi connectivity index (χ3n) is 7.35. The standard InChI is InChI=1S/C33H41N3O7S/c1-5-42-32(41)25(17-11-12-18-36-29(38)23-15-9-10-16-24(23)30(36)39)34-26-21-44-27(22-13-7-6-8-14-22)19-35(31(26)40)20-28(37)43-33(2,3)4/h6-10,13-16,25-27,34H,5,11-12,17-21H2,1-4H3. The summed E-state index contributed by atoms with van der Waals surface area (Å²) in [5.41, 5.74) is 1.14. The minimum absolute atomic E-state index is 0.0740. The highest BCUT2D eigenvalue weighted by atomic mass is 32.2. The maximum atomic E-state index is 13.8. The van der Waals surface area contributed by atoms with Crippen molar-refractivity contribution >= 4 is 41.4 Å². The quantitative estimate of drug-likeness (QED) is 0.212. The van der Waals surface area contributed by atoms with Crippen LogP contribution in [0.4, 0.5) is 0 Å². The lowest BCUT2D eigenvalue weighted by Gasteiger charge is -2.28. The molecule has 2 heterocycles. The summed E-state index contributed by atoms with van der Waals surface area (Å²) >= 11 is 1.59. The van der Waals surface area contributed by atoms with Crippen LogP contribution in [0, 0.1) is 0 Å². The Labute approximate surface area is 262 Å². The zero-order valence-electron chi connectivity index (χ0n) is 25.7. The normalized spacial score (nSPS) is 19.4. The lowest BCUT2D eigenvalue weighted by Crippen LogP contribution is -2.54. The zero-order chi connectivity index (χ0) is 31.9. The number of hydrogen-bond acceptors (Lipinski definition) is 9. The number of nitrogens with zero attached hydrogens (tertiary/aromatic N) is 2. The monoisotopic (exact) mass is 623 g/mol. The van der Waals surface area contributed by atoms with Crippen LogP contribution in [0.2, 0.25) is 0 Å². The molecule has 0 aliphatic carbocycles. The van der Waals surface area contributed by atoms with E-state index in [-0.39, 0.29) is 42.7 Å². The van der Waals surface area contributed by atoms with E-state index in [2.05, 4.69) is 5.32 Å². The van der Waals surface area contributed by atoms with Crippen LogP contribution >= 0.6 is 11.8 Å². The second-order valence-corrected chi connectivity index (χ2v) is 13.1. The zero-order valence-corrected chi connectivity index (χ0v) is 26.6. The van der Waals surface area contributed by atoms with Crippen molar-refractivity contribution in [3.8, 4) is 0 Å². The van der Waals surface area contributed by atoms with Gasteiger partial charge in [-0.15, -0.1) is 11.8 Å². The van der Waals surface area contributed by atoms with E-state index in [1.807, 2.05) is 30.3 Å². The molecule has 0 bridgehead atoms. The number of ether oxygens (including phenoxy) is 2. The van der Waals surface area contributed by atoms with Crippen LogP contribution in [-0.2, 0) is 23.9 Å². The first-order valence-electron chi connectivity index (χ1n) is 15.0. The Hall–Kier alpha value is -3.70. The fourth-order valence-electron chi connectivity index (χ4n) is 5.32. The number of amides is 3. The largest absolute Gasteiger partial charge is 0.465 e. The van der Waals surface area contributed by atoms with E-state index in [0.29, 0.717) is 42.7 Å². The highest BCUT2D eigenvalue weighted by Crippen LogP contribution is 2.33. The van der Waals surface area contributed by atoms with Gasteiger partial charge in [0.05, 0.1) is 23.8 Å². The average Bonchev–Trinajstić information content (AvgIpc) is 3.12. The number of carbonyl (C=O) groups excluding carboxylic acids is 5. The lowest BCUT2D eigenvalue weighted by molar-refractivity contribution is -0.159. The molecule has 1 saturated heterocycles. The molecule has 0 aromatic heterocycles. The molecule has 0 spiro atoms.